The summed E-state index contributed by atoms with van der Waals surface area (Å²) >= 11 is 0. The van der Waals surface area contributed by atoms with Crippen LogP contribution >= 0.6 is 0 Å². The number of amides is 1. The third kappa shape index (κ3) is 5.76. The lowest BCUT2D eigenvalue weighted by Crippen LogP contribution is -2.31. The summed E-state index contributed by atoms with van der Waals surface area (Å²) in [6.07, 6.45) is 3.72. The van der Waals surface area contributed by atoms with Gasteiger partial charge in [-0.2, -0.15) is 0 Å². The van der Waals surface area contributed by atoms with Crippen LogP contribution in [0.4, 0.5) is 11.4 Å². The summed E-state index contributed by atoms with van der Waals surface area (Å²) < 4.78 is 0. The van der Waals surface area contributed by atoms with Gasteiger partial charge in [0.25, 0.3) is 0 Å². The first-order chi connectivity index (χ1) is 9.97. The fourth-order valence-electron chi connectivity index (χ4n) is 2.57. The Morgan fingerprint density at radius 2 is 2.00 bits per heavy atom. The van der Waals surface area contributed by atoms with Gasteiger partial charge in [-0.15, -0.1) is 0 Å². The van der Waals surface area contributed by atoms with Gasteiger partial charge in [0.1, 0.15) is 0 Å². The second-order valence-electron chi connectivity index (χ2n) is 5.68. The topological polar surface area (TPSA) is 58.4 Å². The molecule has 0 unspecified atom stereocenters. The molecular weight excluding hydrogens is 262 g/mol. The van der Waals surface area contributed by atoms with E-state index in [0.717, 1.165) is 37.1 Å². The second kappa shape index (κ2) is 8.67. The van der Waals surface area contributed by atoms with Crippen LogP contribution in [0.1, 0.15) is 45.1 Å². The van der Waals surface area contributed by atoms with Crippen LogP contribution in [-0.4, -0.2) is 30.4 Å². The predicted molar refractivity (Wildman–Crippen MR) is 90.5 cm³/mol. The van der Waals surface area contributed by atoms with Gasteiger partial charge in [-0.3, -0.25) is 4.79 Å². The van der Waals surface area contributed by atoms with Crippen LogP contribution in [0.25, 0.3) is 0 Å². The van der Waals surface area contributed by atoms with Gasteiger partial charge in [-0.1, -0.05) is 19.9 Å². The minimum absolute atomic E-state index is 0.0571. The molecule has 4 nitrogen and oxygen atoms in total. The van der Waals surface area contributed by atoms with Gasteiger partial charge >= 0.3 is 0 Å². The van der Waals surface area contributed by atoms with Crippen LogP contribution in [0.5, 0.6) is 0 Å². The molecule has 0 atom stereocenters. The number of rotatable bonds is 8. The summed E-state index contributed by atoms with van der Waals surface area (Å²) in [5, 5.41) is 2.94. The van der Waals surface area contributed by atoms with Crippen LogP contribution in [0, 0.1) is 6.92 Å². The number of hydrogen-bond donors (Lipinski definition) is 2. The van der Waals surface area contributed by atoms with Crippen LogP contribution in [-0.2, 0) is 4.79 Å². The maximum Gasteiger partial charge on any atom is 0.224 e. The molecule has 0 spiro atoms. The molecule has 1 aromatic carbocycles. The van der Waals surface area contributed by atoms with E-state index in [9.17, 15) is 4.79 Å². The second-order valence-corrected chi connectivity index (χ2v) is 5.68. The summed E-state index contributed by atoms with van der Waals surface area (Å²) in [5.74, 6) is 0.0571. The van der Waals surface area contributed by atoms with E-state index in [1.165, 1.54) is 0 Å². The van der Waals surface area contributed by atoms with Gasteiger partial charge in [0, 0.05) is 23.8 Å². The van der Waals surface area contributed by atoms with Crippen molar-refractivity contribution in [3.8, 4) is 0 Å². The minimum atomic E-state index is 0.0571. The van der Waals surface area contributed by atoms with Gasteiger partial charge < -0.3 is 16.0 Å². The standard InChI is InChI=1S/C17H29N3O/c1-5-15(6-2)20(4)11-7-8-17(21)19-16-12-14(18)10-9-13(16)3/h9-10,12,15H,5-8,11,18H2,1-4H3,(H,19,21). The molecule has 1 amide bonds. The zero-order valence-electron chi connectivity index (χ0n) is 13.8. The molecule has 21 heavy (non-hydrogen) atoms. The number of nitrogen functional groups attached to an aromatic ring is 1. The molecule has 0 aromatic heterocycles. The number of anilines is 2. The number of nitrogens with zero attached hydrogens (tertiary/aromatic N) is 1. The molecular formula is C17H29N3O. The number of aryl methyl sites for hydroxylation is 1. The normalized spacial score (nSPS) is 11.1. The van der Waals surface area contributed by atoms with E-state index in [0.29, 0.717) is 18.2 Å². The van der Waals surface area contributed by atoms with Crippen LogP contribution in [0.3, 0.4) is 0 Å². The quantitative estimate of drug-likeness (QED) is 0.722. The molecule has 0 bridgehead atoms. The molecule has 0 saturated heterocycles. The Morgan fingerprint density at radius 1 is 1.33 bits per heavy atom. The van der Waals surface area contributed by atoms with E-state index in [4.69, 9.17) is 5.73 Å². The molecule has 0 heterocycles. The van der Waals surface area contributed by atoms with Crippen molar-refractivity contribution in [1.29, 1.82) is 0 Å². The number of hydrogen-bond acceptors (Lipinski definition) is 3. The van der Waals surface area contributed by atoms with Crippen molar-refractivity contribution >= 4 is 17.3 Å². The smallest absolute Gasteiger partial charge is 0.224 e. The van der Waals surface area contributed by atoms with Crippen LogP contribution < -0.4 is 11.1 Å². The molecule has 0 aliphatic heterocycles. The van der Waals surface area contributed by atoms with Crippen molar-refractivity contribution in [3.63, 3.8) is 0 Å². The van der Waals surface area contributed by atoms with E-state index in [1.807, 2.05) is 25.1 Å². The van der Waals surface area contributed by atoms with E-state index in [2.05, 4.69) is 31.1 Å². The molecule has 4 heteroatoms. The first kappa shape index (κ1) is 17.5. The van der Waals surface area contributed by atoms with Crippen molar-refractivity contribution in [2.45, 2.75) is 52.5 Å². The SMILES string of the molecule is CCC(CC)N(C)CCCC(=O)Nc1cc(N)ccc1C. The van der Waals surface area contributed by atoms with E-state index < -0.39 is 0 Å². The van der Waals surface area contributed by atoms with Crippen molar-refractivity contribution < 1.29 is 4.79 Å². The fourth-order valence-corrected chi connectivity index (χ4v) is 2.57. The van der Waals surface area contributed by atoms with Crippen LogP contribution in [0.2, 0.25) is 0 Å². The molecule has 1 rings (SSSR count). The summed E-state index contributed by atoms with van der Waals surface area (Å²) in [6, 6.07) is 6.19. The Morgan fingerprint density at radius 3 is 2.62 bits per heavy atom. The lowest BCUT2D eigenvalue weighted by molar-refractivity contribution is -0.116. The monoisotopic (exact) mass is 291 g/mol. The third-order valence-corrected chi connectivity index (χ3v) is 4.02. The van der Waals surface area contributed by atoms with E-state index >= 15 is 0 Å². The van der Waals surface area contributed by atoms with Gasteiger partial charge in [0.05, 0.1) is 0 Å². The largest absolute Gasteiger partial charge is 0.399 e. The van der Waals surface area contributed by atoms with Crippen LogP contribution in [0.15, 0.2) is 18.2 Å². The summed E-state index contributed by atoms with van der Waals surface area (Å²) in [4.78, 5) is 14.3. The number of carbonyl (C=O) groups is 1. The highest BCUT2D eigenvalue weighted by atomic mass is 16.1. The maximum absolute atomic E-state index is 12.0. The molecule has 1 aromatic rings. The average molecular weight is 291 g/mol. The fraction of sp³-hybridized carbons (Fsp3) is 0.588. The molecule has 0 aliphatic carbocycles. The van der Waals surface area contributed by atoms with Gasteiger partial charge in [0.2, 0.25) is 5.91 Å². The Bertz CT molecular complexity index is 455. The first-order valence-corrected chi connectivity index (χ1v) is 7.84. The molecule has 0 fully saturated rings. The Labute approximate surface area is 128 Å². The Balaban J connectivity index is 2.39. The van der Waals surface area contributed by atoms with Crippen molar-refractivity contribution in [2.75, 3.05) is 24.6 Å². The highest BCUT2D eigenvalue weighted by Gasteiger charge is 2.11. The van der Waals surface area contributed by atoms with Crippen molar-refractivity contribution in [1.82, 2.24) is 4.90 Å². The average Bonchev–Trinajstić information content (AvgIpc) is 2.44. The zero-order chi connectivity index (χ0) is 15.8. The van der Waals surface area contributed by atoms with Crippen molar-refractivity contribution in [2.24, 2.45) is 0 Å². The Kier molecular flexibility index (Phi) is 7.23. The lowest BCUT2D eigenvalue weighted by atomic mass is 10.1. The Hall–Kier alpha value is -1.55. The predicted octanol–water partition coefficient (Wildman–Crippen LogP) is 3.42. The summed E-state index contributed by atoms with van der Waals surface area (Å²) in [6.45, 7) is 7.34. The molecule has 0 radical (unpaired) electrons. The summed E-state index contributed by atoms with van der Waals surface area (Å²) in [5.41, 5.74) is 8.27. The number of benzene rings is 1. The zero-order valence-corrected chi connectivity index (χ0v) is 13.8. The summed E-state index contributed by atoms with van der Waals surface area (Å²) in [7, 11) is 2.14. The number of nitrogens with two attached hydrogens (primary N) is 1. The van der Waals surface area contributed by atoms with E-state index in [-0.39, 0.29) is 5.91 Å². The minimum Gasteiger partial charge on any atom is -0.399 e. The first-order valence-electron chi connectivity index (χ1n) is 7.84. The van der Waals surface area contributed by atoms with Gasteiger partial charge in [-0.05, 0) is 57.5 Å². The highest BCUT2D eigenvalue weighted by Crippen LogP contribution is 2.18. The molecule has 118 valence electrons. The highest BCUT2D eigenvalue weighted by molar-refractivity contribution is 5.91. The number of nitrogens with one attached hydrogen (secondary N) is 1. The molecule has 3 N–H and O–H groups in total. The molecule has 0 saturated carbocycles. The lowest BCUT2D eigenvalue weighted by Gasteiger charge is -2.25. The maximum atomic E-state index is 12.0. The number of carbonyl (C=O) groups excluding carboxylic acids is 1. The third-order valence-electron chi connectivity index (χ3n) is 4.02. The van der Waals surface area contributed by atoms with E-state index in [1.54, 1.807) is 0 Å². The van der Waals surface area contributed by atoms with Crippen molar-refractivity contribution in [3.05, 3.63) is 23.8 Å². The van der Waals surface area contributed by atoms with Gasteiger partial charge in [0.15, 0.2) is 0 Å². The molecule has 0 aliphatic rings. The van der Waals surface area contributed by atoms with Gasteiger partial charge in [-0.25, -0.2) is 0 Å².